The summed E-state index contributed by atoms with van der Waals surface area (Å²) in [6.45, 7) is 2.19. The Balaban J connectivity index is 1.49. The molecule has 16 heavy (non-hydrogen) atoms. The molecule has 0 amide bonds. The summed E-state index contributed by atoms with van der Waals surface area (Å²) in [6.07, 6.45) is 11.4. The van der Waals surface area contributed by atoms with Crippen LogP contribution in [0.5, 0.6) is 0 Å². The van der Waals surface area contributed by atoms with Crippen LogP contribution in [0.1, 0.15) is 37.7 Å². The summed E-state index contributed by atoms with van der Waals surface area (Å²) < 4.78 is 1.87. The first-order valence-corrected chi connectivity index (χ1v) is 6.47. The van der Waals surface area contributed by atoms with E-state index in [1.807, 2.05) is 17.9 Å². The Morgan fingerprint density at radius 1 is 1.50 bits per heavy atom. The fourth-order valence-corrected chi connectivity index (χ4v) is 3.07. The Labute approximate surface area is 97.2 Å². The zero-order valence-corrected chi connectivity index (χ0v) is 10.1. The molecule has 2 saturated carbocycles. The molecule has 0 atom stereocenters. The normalized spacial score (nSPS) is 23.1. The summed E-state index contributed by atoms with van der Waals surface area (Å²) in [4.78, 5) is 0. The zero-order valence-electron chi connectivity index (χ0n) is 10.1. The van der Waals surface area contributed by atoms with Crippen LogP contribution in [0.25, 0.3) is 0 Å². The fraction of sp³-hybridized carbons (Fsp3) is 0.769. The third kappa shape index (κ3) is 1.88. The Kier molecular flexibility index (Phi) is 2.51. The predicted octanol–water partition coefficient (Wildman–Crippen LogP) is 2.09. The largest absolute Gasteiger partial charge is 0.312 e. The molecular formula is C13H21N3. The summed E-state index contributed by atoms with van der Waals surface area (Å²) >= 11 is 0. The van der Waals surface area contributed by atoms with Crippen molar-refractivity contribution in [2.24, 2.45) is 18.4 Å². The average molecular weight is 219 g/mol. The van der Waals surface area contributed by atoms with Crippen molar-refractivity contribution >= 4 is 0 Å². The molecule has 3 nitrogen and oxygen atoms in total. The van der Waals surface area contributed by atoms with E-state index in [4.69, 9.17) is 0 Å². The second kappa shape index (κ2) is 3.88. The molecule has 1 heterocycles. The molecule has 0 spiro atoms. The van der Waals surface area contributed by atoms with Gasteiger partial charge in [-0.05, 0) is 37.0 Å². The summed E-state index contributed by atoms with van der Waals surface area (Å²) in [5.74, 6) is 1.04. The number of aromatic nitrogens is 2. The number of hydrogen-bond donors (Lipinski definition) is 1. The van der Waals surface area contributed by atoms with Crippen molar-refractivity contribution in [2.75, 3.05) is 6.54 Å². The Hall–Kier alpha value is -0.830. The monoisotopic (exact) mass is 219 g/mol. The highest BCUT2D eigenvalue weighted by Crippen LogP contribution is 2.56. The van der Waals surface area contributed by atoms with Crippen LogP contribution in [-0.4, -0.2) is 16.3 Å². The SMILES string of the molecule is Cn1cc(CNCC2(C3CC3)CCC2)cn1. The van der Waals surface area contributed by atoms with Crippen LogP contribution in [0.3, 0.4) is 0 Å². The van der Waals surface area contributed by atoms with Crippen LogP contribution in [0.2, 0.25) is 0 Å². The van der Waals surface area contributed by atoms with Gasteiger partial charge in [0.15, 0.2) is 0 Å². The average Bonchev–Trinajstić information content (AvgIpc) is 2.96. The van der Waals surface area contributed by atoms with Crippen molar-refractivity contribution < 1.29 is 0 Å². The van der Waals surface area contributed by atoms with Gasteiger partial charge in [-0.3, -0.25) is 4.68 Å². The number of rotatable bonds is 5. The molecule has 2 aliphatic carbocycles. The second-order valence-corrected chi connectivity index (χ2v) is 5.62. The molecule has 88 valence electrons. The highest BCUT2D eigenvalue weighted by molar-refractivity contribution is 5.05. The number of nitrogens with zero attached hydrogens (tertiary/aromatic N) is 2. The van der Waals surface area contributed by atoms with E-state index in [9.17, 15) is 0 Å². The Morgan fingerprint density at radius 3 is 2.81 bits per heavy atom. The third-order valence-electron chi connectivity index (χ3n) is 4.36. The van der Waals surface area contributed by atoms with E-state index in [1.165, 1.54) is 44.2 Å². The standard InChI is InChI=1S/C13H21N3/c1-16-9-11(8-15-16)7-14-10-13(5-2-6-13)12-3-4-12/h8-9,12,14H,2-7,10H2,1H3. The molecule has 0 aromatic carbocycles. The van der Waals surface area contributed by atoms with Crippen molar-refractivity contribution in [1.82, 2.24) is 15.1 Å². The fourth-order valence-electron chi connectivity index (χ4n) is 3.07. The lowest BCUT2D eigenvalue weighted by molar-refractivity contribution is 0.0987. The minimum Gasteiger partial charge on any atom is -0.312 e. The molecule has 0 unspecified atom stereocenters. The second-order valence-electron chi connectivity index (χ2n) is 5.62. The van der Waals surface area contributed by atoms with Crippen LogP contribution in [-0.2, 0) is 13.6 Å². The number of nitrogens with one attached hydrogen (secondary N) is 1. The quantitative estimate of drug-likeness (QED) is 0.822. The lowest BCUT2D eigenvalue weighted by atomic mass is 9.65. The Morgan fingerprint density at radius 2 is 2.31 bits per heavy atom. The predicted molar refractivity (Wildman–Crippen MR) is 63.9 cm³/mol. The van der Waals surface area contributed by atoms with Gasteiger partial charge in [-0.1, -0.05) is 6.42 Å². The molecular weight excluding hydrogens is 198 g/mol. The first kappa shape index (κ1) is 10.3. The minimum atomic E-state index is 0.683. The molecule has 3 rings (SSSR count). The van der Waals surface area contributed by atoms with Gasteiger partial charge in [0.25, 0.3) is 0 Å². The molecule has 0 saturated heterocycles. The lowest BCUT2D eigenvalue weighted by Crippen LogP contribution is -2.41. The summed E-state index contributed by atoms with van der Waals surface area (Å²) in [5.41, 5.74) is 1.98. The molecule has 2 aliphatic rings. The van der Waals surface area contributed by atoms with Crippen molar-refractivity contribution in [3.63, 3.8) is 0 Å². The number of aryl methyl sites for hydroxylation is 1. The molecule has 1 aromatic rings. The molecule has 1 N–H and O–H groups in total. The van der Waals surface area contributed by atoms with E-state index in [-0.39, 0.29) is 0 Å². The number of hydrogen-bond acceptors (Lipinski definition) is 2. The maximum absolute atomic E-state index is 4.19. The van der Waals surface area contributed by atoms with E-state index in [2.05, 4.69) is 16.6 Å². The van der Waals surface area contributed by atoms with Crippen LogP contribution in [0, 0.1) is 11.3 Å². The lowest BCUT2D eigenvalue weighted by Gasteiger charge is -2.43. The van der Waals surface area contributed by atoms with E-state index in [0.29, 0.717) is 5.41 Å². The first-order chi connectivity index (χ1) is 7.78. The zero-order chi connectivity index (χ0) is 11.0. The summed E-state index contributed by atoms with van der Waals surface area (Å²) in [5, 5.41) is 7.82. The van der Waals surface area contributed by atoms with Crippen molar-refractivity contribution in [3.8, 4) is 0 Å². The van der Waals surface area contributed by atoms with Gasteiger partial charge in [0, 0.05) is 31.9 Å². The van der Waals surface area contributed by atoms with Gasteiger partial charge in [-0.2, -0.15) is 5.10 Å². The molecule has 0 bridgehead atoms. The van der Waals surface area contributed by atoms with Crippen LogP contribution in [0.15, 0.2) is 12.4 Å². The van der Waals surface area contributed by atoms with E-state index < -0.39 is 0 Å². The van der Waals surface area contributed by atoms with Gasteiger partial charge >= 0.3 is 0 Å². The van der Waals surface area contributed by atoms with Gasteiger partial charge in [0.05, 0.1) is 6.20 Å². The summed E-state index contributed by atoms with van der Waals surface area (Å²) in [6, 6.07) is 0. The Bertz CT molecular complexity index is 361. The van der Waals surface area contributed by atoms with Crippen molar-refractivity contribution in [1.29, 1.82) is 0 Å². The van der Waals surface area contributed by atoms with Gasteiger partial charge in [-0.15, -0.1) is 0 Å². The van der Waals surface area contributed by atoms with Crippen molar-refractivity contribution in [2.45, 2.75) is 38.6 Å². The van der Waals surface area contributed by atoms with Gasteiger partial charge in [0.2, 0.25) is 0 Å². The molecule has 0 radical (unpaired) electrons. The molecule has 3 heteroatoms. The van der Waals surface area contributed by atoms with E-state index >= 15 is 0 Å². The van der Waals surface area contributed by atoms with Crippen LogP contribution in [0.4, 0.5) is 0 Å². The smallest absolute Gasteiger partial charge is 0.0534 e. The third-order valence-corrected chi connectivity index (χ3v) is 4.36. The molecule has 2 fully saturated rings. The maximum Gasteiger partial charge on any atom is 0.0534 e. The van der Waals surface area contributed by atoms with Gasteiger partial charge < -0.3 is 5.32 Å². The van der Waals surface area contributed by atoms with Gasteiger partial charge in [0.1, 0.15) is 0 Å². The van der Waals surface area contributed by atoms with Crippen LogP contribution < -0.4 is 5.32 Å². The maximum atomic E-state index is 4.19. The van der Waals surface area contributed by atoms with E-state index in [1.54, 1.807) is 0 Å². The highest BCUT2D eigenvalue weighted by atomic mass is 15.2. The first-order valence-electron chi connectivity index (χ1n) is 6.47. The van der Waals surface area contributed by atoms with E-state index in [0.717, 1.165) is 12.5 Å². The summed E-state index contributed by atoms with van der Waals surface area (Å²) in [7, 11) is 1.97. The molecule has 0 aliphatic heterocycles. The molecule has 1 aromatic heterocycles. The highest BCUT2D eigenvalue weighted by Gasteiger charge is 2.48. The van der Waals surface area contributed by atoms with Gasteiger partial charge in [-0.25, -0.2) is 0 Å². The van der Waals surface area contributed by atoms with Crippen LogP contribution >= 0.6 is 0 Å². The topological polar surface area (TPSA) is 29.9 Å². The van der Waals surface area contributed by atoms with Crippen molar-refractivity contribution in [3.05, 3.63) is 18.0 Å². The minimum absolute atomic E-state index is 0.683.